The van der Waals surface area contributed by atoms with Crippen LogP contribution in [0, 0.1) is 5.92 Å². The fourth-order valence-corrected chi connectivity index (χ4v) is 1.43. The van der Waals surface area contributed by atoms with Crippen molar-refractivity contribution in [3.63, 3.8) is 0 Å². The predicted molar refractivity (Wildman–Crippen MR) is 46.6 cm³/mol. The molecule has 2 heteroatoms. The van der Waals surface area contributed by atoms with E-state index in [2.05, 4.69) is 16.3 Å². The fourth-order valence-electron chi connectivity index (χ4n) is 1.43. The Balaban J connectivity index is 1.74. The minimum Gasteiger partial charge on any atom is -0.297 e. The molecule has 1 aliphatic heterocycles. The van der Waals surface area contributed by atoms with E-state index in [4.69, 9.17) is 0 Å². The number of hydrogen-bond donors (Lipinski definition) is 0. The average molecular weight is 152 g/mol. The lowest BCUT2D eigenvalue weighted by atomic mass is 10.2. The van der Waals surface area contributed by atoms with Gasteiger partial charge in [-0.1, -0.05) is 0 Å². The van der Waals surface area contributed by atoms with E-state index in [0.717, 1.165) is 5.92 Å². The molecule has 0 aromatic rings. The standard InChI is InChI=1S/C9H16N2/c1-2-6-11(7-3-1)10-8-9-4-5-9/h8-9H,1-7H2/b10-8+. The molecule has 0 N–H and O–H groups in total. The quantitative estimate of drug-likeness (QED) is 0.551. The summed E-state index contributed by atoms with van der Waals surface area (Å²) in [5, 5.41) is 6.68. The Bertz CT molecular complexity index is 144. The highest BCUT2D eigenvalue weighted by Crippen LogP contribution is 2.26. The normalized spacial score (nSPS) is 26.4. The van der Waals surface area contributed by atoms with E-state index in [1.54, 1.807) is 0 Å². The van der Waals surface area contributed by atoms with E-state index in [0.29, 0.717) is 0 Å². The maximum absolute atomic E-state index is 4.45. The van der Waals surface area contributed by atoms with Gasteiger partial charge in [-0.15, -0.1) is 0 Å². The van der Waals surface area contributed by atoms with Crippen LogP contribution in [0.5, 0.6) is 0 Å². The Kier molecular flexibility index (Phi) is 2.11. The summed E-state index contributed by atoms with van der Waals surface area (Å²) < 4.78 is 0. The SMILES string of the molecule is C(=N\N1CCCCC1)/C1CC1. The van der Waals surface area contributed by atoms with Crippen LogP contribution in [0.1, 0.15) is 32.1 Å². The molecule has 0 unspecified atom stereocenters. The minimum absolute atomic E-state index is 0.830. The molecule has 62 valence electrons. The van der Waals surface area contributed by atoms with Gasteiger partial charge in [-0.25, -0.2) is 0 Å². The summed E-state index contributed by atoms with van der Waals surface area (Å²) in [4.78, 5) is 0. The Morgan fingerprint density at radius 3 is 2.45 bits per heavy atom. The van der Waals surface area contributed by atoms with Crippen LogP contribution in [0.2, 0.25) is 0 Å². The molecular formula is C9H16N2. The zero-order valence-corrected chi connectivity index (χ0v) is 7.00. The van der Waals surface area contributed by atoms with Crippen molar-refractivity contribution in [2.45, 2.75) is 32.1 Å². The Morgan fingerprint density at radius 1 is 1.09 bits per heavy atom. The Morgan fingerprint density at radius 2 is 1.82 bits per heavy atom. The van der Waals surface area contributed by atoms with Crippen molar-refractivity contribution in [1.82, 2.24) is 5.01 Å². The van der Waals surface area contributed by atoms with Crippen molar-refractivity contribution in [2.24, 2.45) is 11.0 Å². The third-order valence-corrected chi connectivity index (χ3v) is 2.40. The van der Waals surface area contributed by atoms with Gasteiger partial charge in [-0.05, 0) is 38.0 Å². The van der Waals surface area contributed by atoms with Crippen molar-refractivity contribution in [3.05, 3.63) is 0 Å². The molecule has 0 radical (unpaired) electrons. The van der Waals surface area contributed by atoms with Gasteiger partial charge in [0.1, 0.15) is 0 Å². The highest BCUT2D eigenvalue weighted by molar-refractivity contribution is 5.63. The first-order valence-corrected chi connectivity index (χ1v) is 4.74. The van der Waals surface area contributed by atoms with Crippen LogP contribution in [0.3, 0.4) is 0 Å². The van der Waals surface area contributed by atoms with Gasteiger partial charge in [0.15, 0.2) is 0 Å². The number of nitrogens with zero attached hydrogens (tertiary/aromatic N) is 2. The molecule has 1 heterocycles. The second-order valence-electron chi connectivity index (χ2n) is 3.62. The van der Waals surface area contributed by atoms with Gasteiger partial charge in [-0.3, -0.25) is 5.01 Å². The van der Waals surface area contributed by atoms with Gasteiger partial charge in [0.25, 0.3) is 0 Å². The lowest BCUT2D eigenvalue weighted by Gasteiger charge is -2.23. The van der Waals surface area contributed by atoms with Gasteiger partial charge >= 0.3 is 0 Å². The Hall–Kier alpha value is -0.530. The molecule has 0 aromatic heterocycles. The Labute approximate surface area is 68.3 Å². The van der Waals surface area contributed by atoms with Crippen LogP contribution in [0.4, 0.5) is 0 Å². The lowest BCUT2D eigenvalue weighted by molar-refractivity contribution is 0.240. The number of piperidine rings is 1. The summed E-state index contributed by atoms with van der Waals surface area (Å²) in [5.41, 5.74) is 0. The van der Waals surface area contributed by atoms with Crippen LogP contribution in [0.25, 0.3) is 0 Å². The zero-order valence-electron chi connectivity index (χ0n) is 7.00. The number of hydrazone groups is 1. The predicted octanol–water partition coefficient (Wildman–Crippen LogP) is 1.87. The van der Waals surface area contributed by atoms with E-state index in [1.165, 1.54) is 45.2 Å². The summed E-state index contributed by atoms with van der Waals surface area (Å²) >= 11 is 0. The molecule has 0 aromatic carbocycles. The van der Waals surface area contributed by atoms with Crippen molar-refractivity contribution < 1.29 is 0 Å². The van der Waals surface area contributed by atoms with Gasteiger partial charge in [0.05, 0.1) is 0 Å². The second kappa shape index (κ2) is 3.24. The number of rotatable bonds is 2. The highest BCUT2D eigenvalue weighted by Gasteiger charge is 2.19. The lowest BCUT2D eigenvalue weighted by Crippen LogP contribution is -2.24. The molecule has 1 aliphatic carbocycles. The van der Waals surface area contributed by atoms with Crippen LogP contribution in [0.15, 0.2) is 5.10 Å². The molecule has 1 saturated carbocycles. The first-order chi connectivity index (χ1) is 5.45. The van der Waals surface area contributed by atoms with Crippen LogP contribution in [-0.2, 0) is 0 Å². The summed E-state index contributed by atoms with van der Waals surface area (Å²) in [6.45, 7) is 2.37. The molecular weight excluding hydrogens is 136 g/mol. The van der Waals surface area contributed by atoms with Gasteiger partial charge in [-0.2, -0.15) is 5.10 Å². The van der Waals surface area contributed by atoms with Crippen LogP contribution >= 0.6 is 0 Å². The topological polar surface area (TPSA) is 15.6 Å². The van der Waals surface area contributed by atoms with Gasteiger partial charge in [0.2, 0.25) is 0 Å². The molecule has 0 atom stereocenters. The second-order valence-corrected chi connectivity index (χ2v) is 3.62. The largest absolute Gasteiger partial charge is 0.297 e. The summed E-state index contributed by atoms with van der Waals surface area (Å²) in [6.07, 6.45) is 8.96. The van der Waals surface area contributed by atoms with Crippen molar-refractivity contribution in [3.8, 4) is 0 Å². The van der Waals surface area contributed by atoms with E-state index in [1.807, 2.05) is 0 Å². The molecule has 1 saturated heterocycles. The first kappa shape index (κ1) is 7.14. The molecule has 0 spiro atoms. The first-order valence-electron chi connectivity index (χ1n) is 4.74. The molecule has 0 bridgehead atoms. The van der Waals surface area contributed by atoms with Gasteiger partial charge in [0, 0.05) is 19.3 Å². The molecule has 0 amide bonds. The van der Waals surface area contributed by atoms with Crippen molar-refractivity contribution in [1.29, 1.82) is 0 Å². The van der Waals surface area contributed by atoms with E-state index < -0.39 is 0 Å². The van der Waals surface area contributed by atoms with E-state index in [-0.39, 0.29) is 0 Å². The third-order valence-electron chi connectivity index (χ3n) is 2.40. The summed E-state index contributed by atoms with van der Waals surface area (Å²) in [6, 6.07) is 0. The maximum Gasteiger partial charge on any atom is 0.0360 e. The summed E-state index contributed by atoms with van der Waals surface area (Å²) in [7, 11) is 0. The molecule has 11 heavy (non-hydrogen) atoms. The smallest absolute Gasteiger partial charge is 0.0360 e. The van der Waals surface area contributed by atoms with E-state index >= 15 is 0 Å². The monoisotopic (exact) mass is 152 g/mol. The maximum atomic E-state index is 4.45. The fraction of sp³-hybridized carbons (Fsp3) is 0.889. The van der Waals surface area contributed by atoms with Crippen molar-refractivity contribution >= 4 is 6.21 Å². The van der Waals surface area contributed by atoms with Gasteiger partial charge < -0.3 is 0 Å². The van der Waals surface area contributed by atoms with Crippen molar-refractivity contribution in [2.75, 3.05) is 13.1 Å². The molecule has 2 rings (SSSR count). The summed E-state index contributed by atoms with van der Waals surface area (Å²) in [5.74, 6) is 0.830. The molecule has 2 fully saturated rings. The zero-order chi connectivity index (χ0) is 7.52. The minimum atomic E-state index is 0.830. The molecule has 2 aliphatic rings. The van der Waals surface area contributed by atoms with E-state index in [9.17, 15) is 0 Å². The average Bonchev–Trinajstić information content (AvgIpc) is 2.86. The number of hydrogen-bond acceptors (Lipinski definition) is 2. The third kappa shape index (κ3) is 2.21. The highest BCUT2D eigenvalue weighted by atomic mass is 15.4. The van der Waals surface area contributed by atoms with Crippen LogP contribution in [-0.4, -0.2) is 24.3 Å². The molecule has 2 nitrogen and oxygen atoms in total. The van der Waals surface area contributed by atoms with Crippen LogP contribution < -0.4 is 0 Å².